The SMILES string of the molecule is NCC(=O)O.N[C@@H](Cc1ccccc1)C(=O)O.N[C@@H](Cc1ccccc1)C(=O)O. The van der Waals surface area contributed by atoms with Crippen molar-refractivity contribution in [2.45, 2.75) is 24.9 Å². The van der Waals surface area contributed by atoms with Crippen LogP contribution in [-0.2, 0) is 27.2 Å². The van der Waals surface area contributed by atoms with Gasteiger partial charge in [-0.1, -0.05) is 60.7 Å². The number of benzene rings is 2. The summed E-state index contributed by atoms with van der Waals surface area (Å²) in [6.45, 7) is -0.278. The molecule has 0 fully saturated rings. The van der Waals surface area contributed by atoms with E-state index >= 15 is 0 Å². The van der Waals surface area contributed by atoms with Crippen LogP contribution in [0.4, 0.5) is 0 Å². The Kier molecular flexibility index (Phi) is 13.1. The zero-order chi connectivity index (χ0) is 22.2. The molecular formula is C20H27N3O6. The van der Waals surface area contributed by atoms with Crippen LogP contribution in [0.3, 0.4) is 0 Å². The van der Waals surface area contributed by atoms with Crippen molar-refractivity contribution in [2.75, 3.05) is 6.54 Å². The molecule has 0 bridgehead atoms. The van der Waals surface area contributed by atoms with Gasteiger partial charge in [-0.15, -0.1) is 0 Å². The van der Waals surface area contributed by atoms with Gasteiger partial charge in [0.2, 0.25) is 0 Å². The molecule has 158 valence electrons. The van der Waals surface area contributed by atoms with Gasteiger partial charge in [-0.05, 0) is 24.0 Å². The highest BCUT2D eigenvalue weighted by atomic mass is 16.4. The van der Waals surface area contributed by atoms with Crippen molar-refractivity contribution < 1.29 is 29.7 Å². The van der Waals surface area contributed by atoms with E-state index in [0.717, 1.165) is 11.1 Å². The number of carbonyl (C=O) groups is 3. The molecule has 0 aliphatic heterocycles. The van der Waals surface area contributed by atoms with Crippen LogP contribution in [0.1, 0.15) is 11.1 Å². The molecule has 9 N–H and O–H groups in total. The Morgan fingerprint density at radius 2 is 0.966 bits per heavy atom. The van der Waals surface area contributed by atoms with Crippen molar-refractivity contribution in [2.24, 2.45) is 17.2 Å². The van der Waals surface area contributed by atoms with Crippen molar-refractivity contribution >= 4 is 17.9 Å². The van der Waals surface area contributed by atoms with Crippen LogP contribution >= 0.6 is 0 Å². The highest BCUT2D eigenvalue weighted by molar-refractivity contribution is 5.73. The predicted octanol–water partition coefficient (Wildman–Crippen LogP) is 0.312. The van der Waals surface area contributed by atoms with E-state index in [2.05, 4.69) is 5.73 Å². The van der Waals surface area contributed by atoms with Gasteiger partial charge in [0.1, 0.15) is 12.1 Å². The molecule has 2 atom stereocenters. The van der Waals surface area contributed by atoms with E-state index in [1.54, 1.807) is 0 Å². The summed E-state index contributed by atoms with van der Waals surface area (Å²) in [7, 11) is 0. The molecular weight excluding hydrogens is 378 g/mol. The molecule has 0 aliphatic carbocycles. The lowest BCUT2D eigenvalue weighted by Crippen LogP contribution is -2.32. The highest BCUT2D eigenvalue weighted by Gasteiger charge is 2.11. The summed E-state index contributed by atoms with van der Waals surface area (Å²) in [5, 5.41) is 24.6. The monoisotopic (exact) mass is 405 g/mol. The topological polar surface area (TPSA) is 190 Å². The third kappa shape index (κ3) is 13.5. The second-order valence-corrected chi connectivity index (χ2v) is 5.87. The third-order valence-electron chi connectivity index (χ3n) is 3.41. The fraction of sp³-hybridized carbons (Fsp3) is 0.250. The molecule has 29 heavy (non-hydrogen) atoms. The fourth-order valence-electron chi connectivity index (χ4n) is 1.91. The highest BCUT2D eigenvalue weighted by Crippen LogP contribution is 2.02. The van der Waals surface area contributed by atoms with E-state index in [1.807, 2.05) is 60.7 Å². The van der Waals surface area contributed by atoms with Gasteiger partial charge in [0.15, 0.2) is 0 Å². The molecule has 0 aliphatic rings. The molecule has 0 saturated carbocycles. The second kappa shape index (κ2) is 14.7. The lowest BCUT2D eigenvalue weighted by Gasteiger charge is -2.04. The van der Waals surface area contributed by atoms with E-state index in [0.29, 0.717) is 12.8 Å². The van der Waals surface area contributed by atoms with Crippen molar-refractivity contribution in [3.8, 4) is 0 Å². The van der Waals surface area contributed by atoms with E-state index in [4.69, 9.17) is 26.8 Å². The summed E-state index contributed by atoms with van der Waals surface area (Å²) in [5.74, 6) is -2.89. The maximum absolute atomic E-state index is 10.4. The van der Waals surface area contributed by atoms with Crippen LogP contribution in [0.25, 0.3) is 0 Å². The molecule has 2 aromatic rings. The Morgan fingerprint density at radius 1 is 0.690 bits per heavy atom. The minimum atomic E-state index is -0.968. The van der Waals surface area contributed by atoms with E-state index in [1.165, 1.54) is 0 Å². The van der Waals surface area contributed by atoms with Crippen molar-refractivity contribution in [1.29, 1.82) is 0 Å². The van der Waals surface area contributed by atoms with Gasteiger partial charge in [-0.3, -0.25) is 14.4 Å². The normalized spacial score (nSPS) is 11.6. The van der Waals surface area contributed by atoms with E-state index in [-0.39, 0.29) is 6.54 Å². The number of aliphatic carboxylic acids is 3. The fourth-order valence-corrected chi connectivity index (χ4v) is 1.91. The summed E-state index contributed by atoms with van der Waals surface area (Å²) < 4.78 is 0. The number of carboxylic acid groups (broad SMARTS) is 3. The molecule has 0 unspecified atom stereocenters. The first kappa shape index (κ1) is 25.7. The average molecular weight is 405 g/mol. The quantitative estimate of drug-likeness (QED) is 0.376. The van der Waals surface area contributed by atoms with Crippen LogP contribution in [0.15, 0.2) is 60.7 Å². The van der Waals surface area contributed by atoms with Gasteiger partial charge in [0.25, 0.3) is 0 Å². The van der Waals surface area contributed by atoms with Crippen LogP contribution in [0.5, 0.6) is 0 Å². The summed E-state index contributed by atoms with van der Waals surface area (Å²) >= 11 is 0. The molecule has 0 spiro atoms. The largest absolute Gasteiger partial charge is 0.480 e. The van der Waals surface area contributed by atoms with Crippen LogP contribution in [0.2, 0.25) is 0 Å². The van der Waals surface area contributed by atoms with Crippen LogP contribution in [0, 0.1) is 0 Å². The van der Waals surface area contributed by atoms with E-state index in [9.17, 15) is 14.4 Å². The number of carboxylic acids is 3. The first-order valence-electron chi connectivity index (χ1n) is 8.63. The maximum atomic E-state index is 10.4. The molecule has 9 heteroatoms. The first-order valence-corrected chi connectivity index (χ1v) is 8.63. The molecule has 0 amide bonds. The second-order valence-electron chi connectivity index (χ2n) is 5.87. The van der Waals surface area contributed by atoms with Crippen LogP contribution in [-0.4, -0.2) is 51.9 Å². The standard InChI is InChI=1S/2C9H11NO2.C2H5NO2/c2*10-8(9(11)12)6-7-4-2-1-3-5-7;3-1-2(4)5/h2*1-5,8H,6,10H2,(H,11,12);1,3H2,(H,4,5)/t2*8-;/m00./s1. The Labute approximate surface area is 168 Å². The summed E-state index contributed by atoms with van der Waals surface area (Å²) in [6, 6.07) is 17.1. The minimum absolute atomic E-state index is 0.278. The molecule has 0 saturated heterocycles. The maximum Gasteiger partial charge on any atom is 0.320 e. The molecule has 0 heterocycles. The molecule has 2 aromatic carbocycles. The smallest absolute Gasteiger partial charge is 0.320 e. The summed E-state index contributed by atoms with van der Waals surface area (Å²) in [5.41, 5.74) is 17.2. The molecule has 2 rings (SSSR count). The third-order valence-corrected chi connectivity index (χ3v) is 3.41. The Morgan fingerprint density at radius 3 is 1.17 bits per heavy atom. The summed E-state index contributed by atoms with van der Waals surface area (Å²) in [4.78, 5) is 30.0. The number of rotatable bonds is 7. The number of hydrogen-bond donors (Lipinski definition) is 6. The summed E-state index contributed by atoms with van der Waals surface area (Å²) in [6.07, 6.45) is 0.770. The average Bonchev–Trinajstić information content (AvgIpc) is 2.70. The Hall–Kier alpha value is -3.27. The molecule has 0 aromatic heterocycles. The van der Waals surface area contributed by atoms with Gasteiger partial charge in [0.05, 0.1) is 6.54 Å². The minimum Gasteiger partial charge on any atom is -0.480 e. The van der Waals surface area contributed by atoms with Crippen molar-refractivity contribution in [1.82, 2.24) is 0 Å². The Bertz CT molecular complexity index is 683. The Balaban J connectivity index is 0.000000442. The lowest BCUT2D eigenvalue weighted by atomic mass is 10.1. The van der Waals surface area contributed by atoms with Gasteiger partial charge >= 0.3 is 17.9 Å². The first-order chi connectivity index (χ1) is 13.7. The van der Waals surface area contributed by atoms with Gasteiger partial charge < -0.3 is 32.5 Å². The zero-order valence-electron chi connectivity index (χ0n) is 15.8. The van der Waals surface area contributed by atoms with Gasteiger partial charge in [0, 0.05) is 0 Å². The van der Waals surface area contributed by atoms with Crippen molar-refractivity contribution in [3.63, 3.8) is 0 Å². The van der Waals surface area contributed by atoms with Crippen molar-refractivity contribution in [3.05, 3.63) is 71.8 Å². The predicted molar refractivity (Wildman–Crippen MR) is 108 cm³/mol. The van der Waals surface area contributed by atoms with Crippen LogP contribution < -0.4 is 17.2 Å². The lowest BCUT2D eigenvalue weighted by molar-refractivity contribution is -0.139. The molecule has 0 radical (unpaired) electrons. The zero-order valence-corrected chi connectivity index (χ0v) is 15.8. The van der Waals surface area contributed by atoms with E-state index < -0.39 is 30.0 Å². The molecule has 9 nitrogen and oxygen atoms in total. The van der Waals surface area contributed by atoms with Gasteiger partial charge in [-0.2, -0.15) is 0 Å². The number of hydrogen-bond acceptors (Lipinski definition) is 6. The van der Waals surface area contributed by atoms with Gasteiger partial charge in [-0.25, -0.2) is 0 Å². The number of nitrogens with two attached hydrogens (primary N) is 3.